The minimum absolute atomic E-state index is 1.20. The summed E-state index contributed by atoms with van der Waals surface area (Å²) in [6.07, 6.45) is 13.1. The summed E-state index contributed by atoms with van der Waals surface area (Å²) >= 11 is 0. The van der Waals surface area contributed by atoms with Gasteiger partial charge in [-0.15, -0.1) is 0 Å². The molecule has 0 aliphatic rings. The van der Waals surface area contributed by atoms with Crippen molar-refractivity contribution in [2.24, 2.45) is 0 Å². The van der Waals surface area contributed by atoms with E-state index in [-0.39, 0.29) is 0 Å². The molecule has 0 unspecified atom stereocenters. The molecule has 0 spiro atoms. The maximum absolute atomic E-state index is 4.20. The molecule has 0 radical (unpaired) electrons. The van der Waals surface area contributed by atoms with E-state index in [9.17, 15) is 0 Å². The van der Waals surface area contributed by atoms with Crippen LogP contribution in [-0.4, -0.2) is 24.5 Å². The van der Waals surface area contributed by atoms with Crippen LogP contribution in [0.15, 0.2) is 24.3 Å². The average molecular weight is 251 g/mol. The maximum atomic E-state index is 4.20. The first-order chi connectivity index (χ1) is 8.74. The summed E-state index contributed by atoms with van der Waals surface area (Å²) in [5.74, 6) is 0. The number of nitrogens with zero attached hydrogens (tertiary/aromatic N) is 1. The largest absolute Gasteiger partial charge is 0.303 e. The molecular formula is C17H33N. The highest BCUT2D eigenvalue weighted by Crippen LogP contribution is 2.12. The Bertz CT molecular complexity index is 212. The van der Waals surface area contributed by atoms with Crippen LogP contribution in [0.1, 0.15) is 65.7 Å². The van der Waals surface area contributed by atoms with Gasteiger partial charge in [-0.2, -0.15) is 0 Å². The molecule has 106 valence electrons. The van der Waals surface area contributed by atoms with Crippen LogP contribution in [0.3, 0.4) is 0 Å². The molecule has 0 aromatic carbocycles. The third kappa shape index (κ3) is 10.6. The van der Waals surface area contributed by atoms with Crippen molar-refractivity contribution in [2.75, 3.05) is 19.6 Å². The van der Waals surface area contributed by atoms with E-state index in [1.807, 2.05) is 0 Å². The molecule has 0 atom stereocenters. The van der Waals surface area contributed by atoms with Crippen molar-refractivity contribution in [2.45, 2.75) is 65.7 Å². The Morgan fingerprint density at radius 2 is 1.61 bits per heavy atom. The highest BCUT2D eigenvalue weighted by Gasteiger charge is 2.02. The van der Waals surface area contributed by atoms with E-state index < -0.39 is 0 Å². The maximum Gasteiger partial charge on any atom is -0.00157 e. The fraction of sp³-hybridized carbons (Fsp3) is 0.765. The molecule has 0 aromatic heterocycles. The molecule has 0 fully saturated rings. The van der Waals surface area contributed by atoms with E-state index >= 15 is 0 Å². The first-order valence-electron chi connectivity index (χ1n) is 7.74. The predicted octanol–water partition coefficient (Wildman–Crippen LogP) is 5.19. The van der Waals surface area contributed by atoms with Gasteiger partial charge in [0.2, 0.25) is 0 Å². The summed E-state index contributed by atoms with van der Waals surface area (Å²) in [4.78, 5) is 2.59. The summed E-state index contributed by atoms with van der Waals surface area (Å²) in [6, 6.07) is 0. The highest BCUT2D eigenvalue weighted by atomic mass is 15.1. The first kappa shape index (κ1) is 17.4. The average Bonchev–Trinajstić information content (AvgIpc) is 2.35. The minimum Gasteiger partial charge on any atom is -0.303 e. The standard InChI is InChI=1S/C17H33N/c1-5-8-9-10-12-17(4)13-11-16-18(14-6-2)15-7-3/h5,8H,4,6-7,9-16H2,1-3H3/b8-5-. The van der Waals surface area contributed by atoms with Gasteiger partial charge >= 0.3 is 0 Å². The van der Waals surface area contributed by atoms with Crippen molar-refractivity contribution in [1.82, 2.24) is 4.90 Å². The Labute approximate surface area is 115 Å². The smallest absolute Gasteiger partial charge is 0.00157 e. The quantitative estimate of drug-likeness (QED) is 0.341. The highest BCUT2D eigenvalue weighted by molar-refractivity contribution is 4.94. The number of hydrogen-bond acceptors (Lipinski definition) is 1. The van der Waals surface area contributed by atoms with Crippen LogP contribution in [0.4, 0.5) is 0 Å². The van der Waals surface area contributed by atoms with E-state index in [0.717, 1.165) is 0 Å². The van der Waals surface area contributed by atoms with E-state index in [0.29, 0.717) is 0 Å². The van der Waals surface area contributed by atoms with Gasteiger partial charge in [0.15, 0.2) is 0 Å². The lowest BCUT2D eigenvalue weighted by Gasteiger charge is -2.20. The van der Waals surface area contributed by atoms with Crippen molar-refractivity contribution < 1.29 is 0 Å². The number of rotatable bonds is 12. The molecule has 1 heteroatoms. The second-order valence-electron chi connectivity index (χ2n) is 5.16. The van der Waals surface area contributed by atoms with Gasteiger partial charge in [-0.05, 0) is 71.5 Å². The SMILES string of the molecule is C=C(CCC/C=C\C)CCCN(CCC)CCC. The van der Waals surface area contributed by atoms with Gasteiger partial charge in [-0.25, -0.2) is 0 Å². The van der Waals surface area contributed by atoms with Crippen LogP contribution < -0.4 is 0 Å². The molecule has 18 heavy (non-hydrogen) atoms. The van der Waals surface area contributed by atoms with E-state index in [1.165, 1.54) is 70.2 Å². The van der Waals surface area contributed by atoms with Crippen molar-refractivity contribution in [3.8, 4) is 0 Å². The number of unbranched alkanes of at least 4 members (excludes halogenated alkanes) is 1. The minimum atomic E-state index is 1.20. The Morgan fingerprint density at radius 1 is 1.00 bits per heavy atom. The fourth-order valence-electron chi connectivity index (χ4n) is 2.28. The second-order valence-corrected chi connectivity index (χ2v) is 5.16. The van der Waals surface area contributed by atoms with Crippen LogP contribution in [0, 0.1) is 0 Å². The van der Waals surface area contributed by atoms with Gasteiger partial charge in [0.05, 0.1) is 0 Å². The molecular weight excluding hydrogens is 218 g/mol. The van der Waals surface area contributed by atoms with Gasteiger partial charge in [-0.3, -0.25) is 0 Å². The van der Waals surface area contributed by atoms with Crippen LogP contribution in [0.2, 0.25) is 0 Å². The van der Waals surface area contributed by atoms with Crippen molar-refractivity contribution in [3.05, 3.63) is 24.3 Å². The van der Waals surface area contributed by atoms with Gasteiger partial charge in [0, 0.05) is 0 Å². The normalized spacial score (nSPS) is 11.6. The zero-order valence-electron chi connectivity index (χ0n) is 12.9. The lowest BCUT2D eigenvalue weighted by atomic mass is 10.0. The molecule has 0 heterocycles. The lowest BCUT2D eigenvalue weighted by molar-refractivity contribution is 0.271. The summed E-state index contributed by atoms with van der Waals surface area (Å²) in [5, 5.41) is 0. The van der Waals surface area contributed by atoms with Crippen LogP contribution in [0.25, 0.3) is 0 Å². The third-order valence-electron chi connectivity index (χ3n) is 3.22. The first-order valence-corrected chi connectivity index (χ1v) is 7.74. The molecule has 0 rings (SSSR count). The predicted molar refractivity (Wildman–Crippen MR) is 84.1 cm³/mol. The summed E-state index contributed by atoms with van der Waals surface area (Å²) in [5.41, 5.74) is 1.44. The topological polar surface area (TPSA) is 3.24 Å². The number of hydrogen-bond donors (Lipinski definition) is 0. The summed E-state index contributed by atoms with van der Waals surface area (Å²) < 4.78 is 0. The Hall–Kier alpha value is -0.560. The van der Waals surface area contributed by atoms with Gasteiger partial charge in [0.1, 0.15) is 0 Å². The van der Waals surface area contributed by atoms with Crippen molar-refractivity contribution in [1.29, 1.82) is 0 Å². The molecule has 0 bridgehead atoms. The monoisotopic (exact) mass is 251 g/mol. The summed E-state index contributed by atoms with van der Waals surface area (Å²) in [6.45, 7) is 14.6. The van der Waals surface area contributed by atoms with Crippen LogP contribution in [-0.2, 0) is 0 Å². The van der Waals surface area contributed by atoms with Gasteiger partial charge in [0.25, 0.3) is 0 Å². The molecule has 0 amide bonds. The van der Waals surface area contributed by atoms with Crippen LogP contribution >= 0.6 is 0 Å². The molecule has 0 saturated heterocycles. The van der Waals surface area contributed by atoms with Gasteiger partial charge in [-0.1, -0.05) is 38.2 Å². The fourth-order valence-corrected chi connectivity index (χ4v) is 2.28. The van der Waals surface area contributed by atoms with Crippen LogP contribution in [0.5, 0.6) is 0 Å². The molecule has 0 N–H and O–H groups in total. The molecule has 1 nitrogen and oxygen atoms in total. The summed E-state index contributed by atoms with van der Waals surface area (Å²) in [7, 11) is 0. The molecule has 0 aliphatic heterocycles. The zero-order valence-corrected chi connectivity index (χ0v) is 12.9. The lowest BCUT2D eigenvalue weighted by Crippen LogP contribution is -2.26. The van der Waals surface area contributed by atoms with E-state index in [1.54, 1.807) is 0 Å². The Kier molecular flexibility index (Phi) is 12.5. The second kappa shape index (κ2) is 12.9. The molecule has 0 aromatic rings. The van der Waals surface area contributed by atoms with E-state index in [4.69, 9.17) is 0 Å². The van der Waals surface area contributed by atoms with Crippen molar-refractivity contribution in [3.63, 3.8) is 0 Å². The zero-order chi connectivity index (χ0) is 13.6. The molecule has 0 saturated carbocycles. The molecule has 0 aliphatic carbocycles. The van der Waals surface area contributed by atoms with E-state index in [2.05, 4.69) is 44.4 Å². The number of allylic oxidation sites excluding steroid dienone is 3. The van der Waals surface area contributed by atoms with Crippen molar-refractivity contribution >= 4 is 0 Å². The third-order valence-corrected chi connectivity index (χ3v) is 3.22. The Morgan fingerprint density at radius 3 is 2.17 bits per heavy atom. The Balaban J connectivity index is 3.57. The van der Waals surface area contributed by atoms with Gasteiger partial charge < -0.3 is 4.90 Å².